The summed E-state index contributed by atoms with van der Waals surface area (Å²) in [6.07, 6.45) is 0. The number of aromatic nitrogens is 2. The molecule has 0 unspecified atom stereocenters. The number of ether oxygens (including phenoxy) is 1. The van der Waals surface area contributed by atoms with Gasteiger partial charge in [0, 0.05) is 24.5 Å². The number of anilines is 2. The number of hydrogen-bond donors (Lipinski definition) is 1. The molecule has 0 fully saturated rings. The molecule has 0 bridgehead atoms. The third-order valence-electron chi connectivity index (χ3n) is 3.53. The van der Waals surface area contributed by atoms with Gasteiger partial charge in [-0.05, 0) is 45.0 Å². The Bertz CT molecular complexity index is 733. The number of hydrogen-bond acceptors (Lipinski definition) is 5. The normalized spacial score (nSPS) is 10.4. The van der Waals surface area contributed by atoms with Crippen LogP contribution in [0.1, 0.15) is 30.0 Å². The lowest BCUT2D eigenvalue weighted by atomic mass is 10.2. The maximum Gasteiger partial charge on any atom is 0.274 e. The van der Waals surface area contributed by atoms with Crippen molar-refractivity contribution in [3.63, 3.8) is 0 Å². The lowest BCUT2D eigenvalue weighted by molar-refractivity contribution is 0.102. The second kappa shape index (κ2) is 7.97. The molecule has 0 atom stereocenters. The molecule has 7 heteroatoms. The van der Waals surface area contributed by atoms with Crippen molar-refractivity contribution in [1.29, 1.82) is 0 Å². The van der Waals surface area contributed by atoms with Crippen molar-refractivity contribution in [1.82, 2.24) is 9.97 Å². The van der Waals surface area contributed by atoms with E-state index in [-0.39, 0.29) is 5.91 Å². The van der Waals surface area contributed by atoms with E-state index in [1.54, 1.807) is 24.3 Å². The minimum absolute atomic E-state index is 0.310. The molecule has 24 heavy (non-hydrogen) atoms. The van der Waals surface area contributed by atoms with Gasteiger partial charge in [0.15, 0.2) is 0 Å². The number of nitrogens with zero attached hydrogens (tertiary/aromatic N) is 3. The van der Waals surface area contributed by atoms with E-state index >= 15 is 0 Å². The molecule has 0 saturated carbocycles. The van der Waals surface area contributed by atoms with Crippen LogP contribution in [0.25, 0.3) is 0 Å². The average Bonchev–Trinajstić information content (AvgIpc) is 2.55. The smallest absolute Gasteiger partial charge is 0.274 e. The van der Waals surface area contributed by atoms with Crippen molar-refractivity contribution in [2.24, 2.45) is 0 Å². The van der Waals surface area contributed by atoms with Crippen LogP contribution in [0.15, 0.2) is 24.3 Å². The third-order valence-corrected chi connectivity index (χ3v) is 3.83. The summed E-state index contributed by atoms with van der Waals surface area (Å²) >= 11 is 6.08. The number of rotatable bonds is 6. The molecular weight excluding hydrogens is 328 g/mol. The van der Waals surface area contributed by atoms with E-state index in [1.807, 2.05) is 25.7 Å². The molecule has 0 aliphatic heterocycles. The lowest BCUT2D eigenvalue weighted by Crippen LogP contribution is -2.26. The van der Waals surface area contributed by atoms with Crippen molar-refractivity contribution < 1.29 is 9.53 Å². The fourth-order valence-electron chi connectivity index (χ4n) is 2.26. The zero-order valence-electron chi connectivity index (χ0n) is 14.3. The quantitative estimate of drug-likeness (QED) is 0.864. The Morgan fingerprint density at radius 3 is 2.54 bits per heavy atom. The van der Waals surface area contributed by atoms with Crippen molar-refractivity contribution in [3.05, 3.63) is 40.7 Å². The molecule has 1 aromatic carbocycles. The zero-order chi connectivity index (χ0) is 17.7. The number of halogens is 1. The summed E-state index contributed by atoms with van der Waals surface area (Å²) < 4.78 is 5.10. The highest BCUT2D eigenvalue weighted by Crippen LogP contribution is 2.27. The van der Waals surface area contributed by atoms with Gasteiger partial charge in [0.1, 0.15) is 11.4 Å². The highest BCUT2D eigenvalue weighted by Gasteiger charge is 2.14. The molecule has 0 saturated heterocycles. The van der Waals surface area contributed by atoms with Gasteiger partial charge in [-0.1, -0.05) is 11.6 Å². The SMILES string of the molecule is CCN(CC)c1nc(C)cc(C(=O)Nc2ccc(OC)c(Cl)c2)n1. The highest BCUT2D eigenvalue weighted by molar-refractivity contribution is 6.32. The van der Waals surface area contributed by atoms with Crippen LogP contribution in [0.2, 0.25) is 5.02 Å². The lowest BCUT2D eigenvalue weighted by Gasteiger charge is -2.19. The van der Waals surface area contributed by atoms with Gasteiger partial charge in [-0.25, -0.2) is 9.97 Å². The average molecular weight is 349 g/mol. The molecule has 1 aromatic heterocycles. The van der Waals surface area contributed by atoms with Gasteiger partial charge in [-0.15, -0.1) is 0 Å². The Hall–Kier alpha value is -2.34. The van der Waals surface area contributed by atoms with Crippen molar-refractivity contribution in [2.45, 2.75) is 20.8 Å². The molecule has 2 aromatic rings. The van der Waals surface area contributed by atoms with E-state index < -0.39 is 0 Å². The number of benzene rings is 1. The van der Waals surface area contributed by atoms with E-state index in [0.717, 1.165) is 18.8 Å². The van der Waals surface area contributed by atoms with E-state index in [4.69, 9.17) is 16.3 Å². The Morgan fingerprint density at radius 1 is 1.25 bits per heavy atom. The number of nitrogens with one attached hydrogen (secondary N) is 1. The van der Waals surface area contributed by atoms with Crippen LogP contribution in [-0.4, -0.2) is 36.1 Å². The van der Waals surface area contributed by atoms with Gasteiger partial charge >= 0.3 is 0 Å². The number of carbonyl (C=O) groups excluding carboxylic acids is 1. The Balaban J connectivity index is 2.25. The van der Waals surface area contributed by atoms with Crippen molar-refractivity contribution in [2.75, 3.05) is 30.4 Å². The zero-order valence-corrected chi connectivity index (χ0v) is 15.0. The summed E-state index contributed by atoms with van der Waals surface area (Å²) in [5.74, 6) is 0.796. The number of carbonyl (C=O) groups is 1. The molecule has 1 N–H and O–H groups in total. The van der Waals surface area contributed by atoms with Gasteiger partial charge in [-0.3, -0.25) is 4.79 Å². The van der Waals surface area contributed by atoms with E-state index in [9.17, 15) is 4.79 Å². The summed E-state index contributed by atoms with van der Waals surface area (Å²) in [5.41, 5.74) is 1.63. The first kappa shape index (κ1) is 18.0. The molecule has 1 amide bonds. The summed E-state index contributed by atoms with van der Waals surface area (Å²) in [6, 6.07) is 6.72. The largest absolute Gasteiger partial charge is 0.495 e. The van der Waals surface area contributed by atoms with Crippen LogP contribution in [0.4, 0.5) is 11.6 Å². The first-order valence-electron chi connectivity index (χ1n) is 7.74. The van der Waals surface area contributed by atoms with E-state index in [0.29, 0.717) is 28.1 Å². The highest BCUT2D eigenvalue weighted by atomic mass is 35.5. The molecule has 2 rings (SSSR count). The summed E-state index contributed by atoms with van der Waals surface area (Å²) in [4.78, 5) is 23.3. The van der Waals surface area contributed by atoms with Crippen molar-refractivity contribution in [3.8, 4) is 5.75 Å². The van der Waals surface area contributed by atoms with Gasteiger partial charge < -0.3 is 15.0 Å². The Kier molecular flexibility index (Phi) is 5.98. The van der Waals surface area contributed by atoms with Crippen LogP contribution in [0.5, 0.6) is 5.75 Å². The molecule has 0 radical (unpaired) electrons. The Morgan fingerprint density at radius 2 is 1.96 bits per heavy atom. The maximum absolute atomic E-state index is 12.5. The number of aryl methyl sites for hydroxylation is 1. The summed E-state index contributed by atoms with van der Waals surface area (Å²) in [6.45, 7) is 7.43. The molecule has 0 spiro atoms. The second-order valence-corrected chi connectivity index (χ2v) is 5.58. The molecule has 128 valence electrons. The van der Waals surface area contributed by atoms with Crippen LogP contribution >= 0.6 is 11.6 Å². The van der Waals surface area contributed by atoms with Crippen LogP contribution in [0.3, 0.4) is 0 Å². The Labute approximate surface area is 146 Å². The number of amides is 1. The minimum Gasteiger partial charge on any atom is -0.495 e. The molecule has 0 aliphatic carbocycles. The van der Waals surface area contributed by atoms with Gasteiger partial charge in [-0.2, -0.15) is 0 Å². The monoisotopic (exact) mass is 348 g/mol. The molecule has 1 heterocycles. The van der Waals surface area contributed by atoms with Gasteiger partial charge in [0.2, 0.25) is 5.95 Å². The first-order chi connectivity index (χ1) is 11.5. The maximum atomic E-state index is 12.5. The van der Waals surface area contributed by atoms with Gasteiger partial charge in [0.25, 0.3) is 5.91 Å². The van der Waals surface area contributed by atoms with Crippen LogP contribution < -0.4 is 15.0 Å². The molecular formula is C17H21ClN4O2. The van der Waals surface area contributed by atoms with E-state index in [1.165, 1.54) is 7.11 Å². The van der Waals surface area contributed by atoms with Crippen LogP contribution in [-0.2, 0) is 0 Å². The van der Waals surface area contributed by atoms with Gasteiger partial charge in [0.05, 0.1) is 12.1 Å². The fraction of sp³-hybridized carbons (Fsp3) is 0.353. The standard InChI is InChI=1S/C17H21ClN4O2/c1-5-22(6-2)17-19-11(3)9-14(21-17)16(23)20-12-7-8-15(24-4)13(18)10-12/h7-10H,5-6H2,1-4H3,(H,20,23). The third kappa shape index (κ3) is 4.14. The molecule has 0 aliphatic rings. The fourth-order valence-corrected chi connectivity index (χ4v) is 2.51. The summed E-state index contributed by atoms with van der Waals surface area (Å²) in [5, 5.41) is 3.22. The predicted molar refractivity (Wildman–Crippen MR) is 96.3 cm³/mol. The van der Waals surface area contributed by atoms with Crippen molar-refractivity contribution >= 4 is 29.1 Å². The minimum atomic E-state index is -0.310. The van der Waals surface area contributed by atoms with E-state index in [2.05, 4.69) is 15.3 Å². The number of methoxy groups -OCH3 is 1. The molecule has 6 nitrogen and oxygen atoms in total. The predicted octanol–water partition coefficient (Wildman–Crippen LogP) is 3.55. The summed E-state index contributed by atoms with van der Waals surface area (Å²) in [7, 11) is 1.54. The van der Waals surface area contributed by atoms with Crippen LogP contribution in [0, 0.1) is 6.92 Å². The first-order valence-corrected chi connectivity index (χ1v) is 8.11. The topological polar surface area (TPSA) is 67.4 Å². The second-order valence-electron chi connectivity index (χ2n) is 5.17.